The molecule has 1 saturated heterocycles. The number of rotatable bonds is 6. The fourth-order valence-electron chi connectivity index (χ4n) is 4.89. The number of sulfonamides is 1. The van der Waals surface area contributed by atoms with E-state index in [1.54, 1.807) is 47.4 Å². The van der Waals surface area contributed by atoms with E-state index in [9.17, 15) is 18.3 Å². The van der Waals surface area contributed by atoms with Gasteiger partial charge in [-0.3, -0.25) is 15.1 Å². The van der Waals surface area contributed by atoms with E-state index in [0.29, 0.717) is 54.1 Å². The largest absolute Gasteiger partial charge is 0.490 e. The maximum Gasteiger partial charge on any atom is 0.349 e. The number of nitrogens with one attached hydrogen (secondary N) is 2. The molecule has 0 unspecified atom stereocenters. The average molecular weight is 549 g/mol. The maximum absolute atomic E-state index is 13.4. The molecule has 0 spiro atoms. The third kappa shape index (κ3) is 5.10. The molecule has 39 heavy (non-hydrogen) atoms. The third-order valence-electron chi connectivity index (χ3n) is 6.96. The predicted molar refractivity (Wildman–Crippen MR) is 149 cm³/mol. The zero-order valence-corrected chi connectivity index (χ0v) is 21.7. The monoisotopic (exact) mass is 548 g/mol. The van der Waals surface area contributed by atoms with Crippen LogP contribution in [-0.4, -0.2) is 55.4 Å². The lowest BCUT2D eigenvalue weighted by atomic mass is 10.0. The van der Waals surface area contributed by atoms with Crippen molar-refractivity contribution in [3.05, 3.63) is 76.2 Å². The summed E-state index contributed by atoms with van der Waals surface area (Å²) in [4.78, 5) is 13.0. The minimum atomic E-state index is -4.34. The first-order chi connectivity index (χ1) is 18.5. The van der Waals surface area contributed by atoms with Crippen molar-refractivity contribution in [1.82, 2.24) is 4.90 Å². The molecule has 0 aromatic heterocycles. The van der Waals surface area contributed by atoms with Crippen LogP contribution in [0.25, 0.3) is 16.8 Å². The van der Waals surface area contributed by atoms with Crippen LogP contribution in [0.5, 0.6) is 5.75 Å². The first-order valence-corrected chi connectivity index (χ1v) is 13.7. The van der Waals surface area contributed by atoms with E-state index < -0.39 is 20.9 Å². The molecular formula is C27H28N6O5S. The molecule has 0 saturated carbocycles. The Balaban J connectivity index is 1.46. The minimum absolute atomic E-state index is 0.0283. The molecule has 202 valence electrons. The van der Waals surface area contributed by atoms with E-state index in [1.807, 2.05) is 12.1 Å². The van der Waals surface area contributed by atoms with Gasteiger partial charge in [0.15, 0.2) is 10.9 Å². The third-order valence-corrected chi connectivity index (χ3v) is 8.71. The van der Waals surface area contributed by atoms with E-state index in [2.05, 4.69) is 0 Å². The van der Waals surface area contributed by atoms with Gasteiger partial charge in [-0.05, 0) is 52.7 Å². The second-order valence-corrected chi connectivity index (χ2v) is 11.4. The normalized spacial score (nSPS) is 16.9. The number of anilines is 1. The van der Waals surface area contributed by atoms with E-state index in [4.69, 9.17) is 27.0 Å². The number of piperidine rings is 1. The van der Waals surface area contributed by atoms with Crippen molar-refractivity contribution in [1.29, 1.82) is 10.8 Å². The molecule has 12 heteroatoms. The molecule has 0 bridgehead atoms. The quantitative estimate of drug-likeness (QED) is 0.230. The predicted octanol–water partition coefficient (Wildman–Crippen LogP) is 2.64. The van der Waals surface area contributed by atoms with E-state index >= 15 is 0 Å². The van der Waals surface area contributed by atoms with Gasteiger partial charge in [0, 0.05) is 37.1 Å². The van der Waals surface area contributed by atoms with Crippen LogP contribution in [0.4, 0.5) is 5.69 Å². The number of amidine groups is 1. The first kappa shape index (κ1) is 26.0. The summed E-state index contributed by atoms with van der Waals surface area (Å²) in [5.74, 6) is -1.09. The Hall–Kier alpha value is -4.58. The maximum atomic E-state index is 13.4. The Kier molecular flexibility index (Phi) is 6.64. The van der Waals surface area contributed by atoms with Crippen LogP contribution in [0.2, 0.25) is 0 Å². The summed E-state index contributed by atoms with van der Waals surface area (Å²) in [6.07, 6.45) is 2.39. The number of likely N-dealkylation sites (tertiary alicyclic amines) is 1. The molecule has 11 nitrogen and oxygen atoms in total. The molecule has 3 aromatic rings. The number of nitrogen functional groups attached to an aromatic ring is 1. The fourth-order valence-corrected chi connectivity index (χ4v) is 6.37. The highest BCUT2D eigenvalue weighted by molar-refractivity contribution is 7.97. The Bertz CT molecular complexity index is 1640. The summed E-state index contributed by atoms with van der Waals surface area (Å²) in [7, 11) is -4.34. The van der Waals surface area contributed by atoms with Crippen LogP contribution in [-0.2, 0) is 21.4 Å². The molecule has 0 atom stereocenters. The van der Waals surface area contributed by atoms with Gasteiger partial charge in [-0.1, -0.05) is 24.3 Å². The van der Waals surface area contributed by atoms with Gasteiger partial charge in [0.05, 0.1) is 12.2 Å². The number of aliphatic carboxylic acids is 1. The molecule has 0 amide bonds. The number of ether oxygens (including phenoxy) is 1. The number of carbonyl (C=O) groups is 1. The van der Waals surface area contributed by atoms with Crippen LogP contribution in [0.3, 0.4) is 0 Å². The number of hydrogen-bond acceptors (Lipinski definition) is 6. The van der Waals surface area contributed by atoms with Gasteiger partial charge in [-0.25, -0.2) is 13.2 Å². The van der Waals surface area contributed by atoms with Crippen LogP contribution in [0, 0.1) is 10.8 Å². The van der Waals surface area contributed by atoms with E-state index in [-0.39, 0.29) is 24.4 Å². The lowest BCUT2D eigenvalue weighted by Gasteiger charge is -2.33. The first-order valence-electron chi connectivity index (χ1n) is 12.3. The number of carboxylic acid groups (broad SMARTS) is 1. The summed E-state index contributed by atoms with van der Waals surface area (Å²) in [6, 6.07) is 15.7. The molecule has 2 heterocycles. The van der Waals surface area contributed by atoms with Crippen LogP contribution in [0.15, 0.2) is 59.5 Å². The molecule has 1 fully saturated rings. The van der Waals surface area contributed by atoms with Crippen LogP contribution in [0.1, 0.15) is 29.5 Å². The molecule has 3 aromatic carbocycles. The highest BCUT2D eigenvalue weighted by Crippen LogP contribution is 2.38. The number of carboxylic acids is 1. The van der Waals surface area contributed by atoms with Gasteiger partial charge >= 0.3 is 5.97 Å². The average Bonchev–Trinajstić information content (AvgIpc) is 2.89. The van der Waals surface area contributed by atoms with Crippen molar-refractivity contribution in [3.63, 3.8) is 0 Å². The minimum Gasteiger partial charge on any atom is -0.490 e. The number of fused-ring (bicyclic) bond motifs is 2. The summed E-state index contributed by atoms with van der Waals surface area (Å²) in [6.45, 7) is 1.10. The van der Waals surface area contributed by atoms with Gasteiger partial charge in [-0.2, -0.15) is 0 Å². The van der Waals surface area contributed by atoms with Gasteiger partial charge < -0.3 is 26.2 Å². The number of benzene rings is 3. The molecule has 7 N–H and O–H groups in total. The van der Waals surface area contributed by atoms with Crippen molar-refractivity contribution < 1.29 is 23.1 Å². The lowest BCUT2D eigenvalue weighted by Crippen LogP contribution is -2.44. The number of guanidine groups is 1. The smallest absolute Gasteiger partial charge is 0.349 e. The molecule has 0 aliphatic carbocycles. The van der Waals surface area contributed by atoms with Gasteiger partial charge in [0.25, 0.3) is 10.0 Å². The number of nitrogens with zero attached hydrogens (tertiary/aromatic N) is 2. The fraction of sp³-hybridized carbons (Fsp3) is 0.222. The molecular weight excluding hydrogens is 520 g/mol. The van der Waals surface area contributed by atoms with Gasteiger partial charge in [0.2, 0.25) is 0 Å². The summed E-state index contributed by atoms with van der Waals surface area (Å²) < 4.78 is 34.0. The summed E-state index contributed by atoms with van der Waals surface area (Å²) >= 11 is 0. The zero-order valence-electron chi connectivity index (χ0n) is 20.9. The zero-order chi connectivity index (χ0) is 27.9. The van der Waals surface area contributed by atoms with Crippen LogP contribution < -0.4 is 20.5 Å². The Morgan fingerprint density at radius 3 is 2.38 bits per heavy atom. The second-order valence-electron chi connectivity index (χ2n) is 9.55. The molecule has 2 aliphatic heterocycles. The van der Waals surface area contributed by atoms with Crippen molar-refractivity contribution >= 4 is 50.3 Å². The highest BCUT2D eigenvalue weighted by atomic mass is 32.2. The van der Waals surface area contributed by atoms with Crippen molar-refractivity contribution in [2.75, 3.05) is 17.4 Å². The second kappa shape index (κ2) is 9.95. The van der Waals surface area contributed by atoms with E-state index in [1.165, 1.54) is 0 Å². The Morgan fingerprint density at radius 1 is 1.00 bits per heavy atom. The molecule has 5 rings (SSSR count). The SMILES string of the molecule is N=C(N)c1ccc2ccc(CN3c4ccc(OC5CCN(C(=N)N)CC5)cc4C=C(C(=O)O)S3(=O)=O)cc2c1. The highest BCUT2D eigenvalue weighted by Gasteiger charge is 2.37. The topological polar surface area (TPSA) is 187 Å². The van der Waals surface area contributed by atoms with Crippen molar-refractivity contribution in [2.24, 2.45) is 11.5 Å². The van der Waals surface area contributed by atoms with Gasteiger partial charge in [0.1, 0.15) is 17.7 Å². The van der Waals surface area contributed by atoms with Gasteiger partial charge in [-0.15, -0.1) is 0 Å². The van der Waals surface area contributed by atoms with E-state index in [0.717, 1.165) is 21.2 Å². The summed E-state index contributed by atoms with van der Waals surface area (Å²) in [5, 5.41) is 26.7. The van der Waals surface area contributed by atoms with Crippen molar-refractivity contribution in [2.45, 2.75) is 25.5 Å². The number of hydrogen-bond donors (Lipinski definition) is 5. The Morgan fingerprint density at radius 2 is 1.72 bits per heavy atom. The summed E-state index contributed by atoms with van der Waals surface area (Å²) in [5.41, 5.74) is 13.1. The van der Waals surface area contributed by atoms with Crippen LogP contribution >= 0.6 is 0 Å². The van der Waals surface area contributed by atoms with Crippen molar-refractivity contribution in [3.8, 4) is 5.75 Å². The standard InChI is InChI=1S/C27H28N6O5S/c28-25(29)18-4-3-17-2-1-16(11-19(17)12-18)15-33-23-6-5-22(38-21-7-9-32(10-8-21)27(30)31)13-20(23)14-24(26(34)35)39(33,36)37/h1-6,11-14,21H,7-10,15H2,(H3,28,29)(H3,30,31)(H,34,35). The number of nitrogens with two attached hydrogens (primary N) is 2. The molecule has 2 aliphatic rings. The molecule has 0 radical (unpaired) electrons. The lowest BCUT2D eigenvalue weighted by molar-refractivity contribution is -0.131. The Labute approximate surface area is 225 Å².